The summed E-state index contributed by atoms with van der Waals surface area (Å²) in [7, 11) is 3.19. The molecule has 2 aliphatic rings. The lowest BCUT2D eigenvalue weighted by atomic mass is 9.97. The van der Waals surface area contributed by atoms with E-state index in [9.17, 15) is 9.59 Å². The van der Waals surface area contributed by atoms with E-state index in [0.29, 0.717) is 41.7 Å². The standard InChI is InChI=1S/C26H30N2O4/c1-18-11-14-27(15-12-18)24-23(20-7-5-4-6-8-20)25(29)28(26(24)30)16-13-19-9-10-21(31-2)22(17-19)32-3/h4-10,17-18H,11-16H2,1-3H3. The second-order valence-electron chi connectivity index (χ2n) is 8.46. The number of imide groups is 1. The number of amides is 2. The van der Waals surface area contributed by atoms with Gasteiger partial charge in [-0.25, -0.2) is 0 Å². The van der Waals surface area contributed by atoms with Crippen LogP contribution in [0.1, 0.15) is 30.9 Å². The summed E-state index contributed by atoms with van der Waals surface area (Å²) in [6, 6.07) is 15.2. The lowest BCUT2D eigenvalue weighted by Gasteiger charge is -2.32. The number of methoxy groups -OCH3 is 2. The van der Waals surface area contributed by atoms with Gasteiger partial charge in [-0.05, 0) is 48.4 Å². The van der Waals surface area contributed by atoms with Crippen molar-refractivity contribution in [1.29, 1.82) is 0 Å². The summed E-state index contributed by atoms with van der Waals surface area (Å²) >= 11 is 0. The molecular formula is C26H30N2O4. The van der Waals surface area contributed by atoms with Crippen LogP contribution < -0.4 is 9.47 Å². The predicted octanol–water partition coefficient (Wildman–Crippen LogP) is 3.76. The Kier molecular flexibility index (Phi) is 6.49. The first-order valence-electron chi connectivity index (χ1n) is 11.1. The van der Waals surface area contributed by atoms with E-state index >= 15 is 0 Å². The quantitative estimate of drug-likeness (QED) is 0.621. The molecule has 4 rings (SSSR count). The third kappa shape index (κ3) is 4.22. The molecule has 0 aromatic heterocycles. The average Bonchev–Trinajstić information content (AvgIpc) is 3.08. The Bertz CT molecular complexity index is 1020. The number of likely N-dealkylation sites (tertiary alicyclic amines) is 1. The molecule has 32 heavy (non-hydrogen) atoms. The summed E-state index contributed by atoms with van der Waals surface area (Å²) in [5.74, 6) is 1.52. The molecule has 6 heteroatoms. The zero-order valence-corrected chi connectivity index (χ0v) is 19.0. The van der Waals surface area contributed by atoms with Gasteiger partial charge in [-0.15, -0.1) is 0 Å². The second-order valence-corrected chi connectivity index (χ2v) is 8.46. The number of hydrogen-bond donors (Lipinski definition) is 0. The SMILES string of the molecule is COc1ccc(CCN2C(=O)C(c3ccccc3)=C(N3CCC(C)CC3)C2=O)cc1OC. The zero-order chi connectivity index (χ0) is 22.7. The molecule has 0 bridgehead atoms. The van der Waals surface area contributed by atoms with Crippen LogP contribution in [0.2, 0.25) is 0 Å². The fourth-order valence-corrected chi connectivity index (χ4v) is 4.43. The minimum atomic E-state index is -0.213. The molecule has 2 amide bonds. The minimum Gasteiger partial charge on any atom is -0.493 e. The molecule has 0 radical (unpaired) electrons. The normalized spacial score (nSPS) is 17.3. The Labute approximate surface area is 189 Å². The highest BCUT2D eigenvalue weighted by molar-refractivity contribution is 6.35. The third-order valence-electron chi connectivity index (χ3n) is 6.38. The molecular weight excluding hydrogens is 404 g/mol. The van der Waals surface area contributed by atoms with Crippen LogP contribution in [-0.4, -0.2) is 55.5 Å². The summed E-state index contributed by atoms with van der Waals surface area (Å²) in [5.41, 5.74) is 2.86. The third-order valence-corrected chi connectivity index (χ3v) is 6.38. The summed E-state index contributed by atoms with van der Waals surface area (Å²) in [5, 5.41) is 0. The molecule has 0 aliphatic carbocycles. The first-order valence-corrected chi connectivity index (χ1v) is 11.1. The molecule has 0 atom stereocenters. The van der Waals surface area contributed by atoms with Crippen LogP contribution in [0.15, 0.2) is 54.2 Å². The molecule has 0 N–H and O–H groups in total. The Morgan fingerprint density at radius 2 is 1.59 bits per heavy atom. The van der Waals surface area contributed by atoms with Gasteiger partial charge in [0.15, 0.2) is 11.5 Å². The van der Waals surface area contributed by atoms with Gasteiger partial charge in [-0.3, -0.25) is 14.5 Å². The smallest absolute Gasteiger partial charge is 0.277 e. The topological polar surface area (TPSA) is 59.1 Å². The average molecular weight is 435 g/mol. The van der Waals surface area contributed by atoms with Crippen molar-refractivity contribution < 1.29 is 19.1 Å². The molecule has 1 saturated heterocycles. The summed E-state index contributed by atoms with van der Waals surface area (Å²) in [4.78, 5) is 30.4. The Balaban J connectivity index is 1.59. The Hall–Kier alpha value is -3.28. The number of ether oxygens (including phenoxy) is 2. The molecule has 6 nitrogen and oxygen atoms in total. The van der Waals surface area contributed by atoms with Gasteiger partial charge in [0.1, 0.15) is 5.70 Å². The van der Waals surface area contributed by atoms with Crippen molar-refractivity contribution in [2.45, 2.75) is 26.2 Å². The highest BCUT2D eigenvalue weighted by Crippen LogP contribution is 2.34. The molecule has 2 aromatic rings. The van der Waals surface area contributed by atoms with E-state index in [1.807, 2.05) is 48.5 Å². The highest BCUT2D eigenvalue weighted by atomic mass is 16.5. The van der Waals surface area contributed by atoms with Crippen LogP contribution in [0.25, 0.3) is 5.57 Å². The van der Waals surface area contributed by atoms with Crippen molar-refractivity contribution in [2.24, 2.45) is 5.92 Å². The second kappa shape index (κ2) is 9.47. The molecule has 1 fully saturated rings. The number of hydrogen-bond acceptors (Lipinski definition) is 5. The molecule has 2 aliphatic heterocycles. The van der Waals surface area contributed by atoms with Gasteiger partial charge in [0.25, 0.3) is 11.8 Å². The van der Waals surface area contributed by atoms with Crippen LogP contribution in [0.4, 0.5) is 0 Å². The largest absolute Gasteiger partial charge is 0.493 e. The van der Waals surface area contributed by atoms with Gasteiger partial charge in [0.05, 0.1) is 19.8 Å². The molecule has 0 unspecified atom stereocenters. The van der Waals surface area contributed by atoms with Gasteiger partial charge < -0.3 is 14.4 Å². The number of piperidine rings is 1. The van der Waals surface area contributed by atoms with E-state index in [1.54, 1.807) is 14.2 Å². The van der Waals surface area contributed by atoms with Crippen LogP contribution in [-0.2, 0) is 16.0 Å². The molecule has 0 spiro atoms. The maximum Gasteiger partial charge on any atom is 0.277 e. The molecule has 2 heterocycles. The van der Waals surface area contributed by atoms with E-state index < -0.39 is 0 Å². The van der Waals surface area contributed by atoms with Gasteiger partial charge in [-0.2, -0.15) is 0 Å². The summed E-state index contributed by atoms with van der Waals surface area (Å²) in [6.07, 6.45) is 2.60. The fraction of sp³-hybridized carbons (Fsp3) is 0.385. The minimum absolute atomic E-state index is 0.191. The number of carbonyl (C=O) groups excluding carboxylic acids is 2. The van der Waals surface area contributed by atoms with Crippen molar-refractivity contribution in [3.05, 3.63) is 65.4 Å². The Morgan fingerprint density at radius 3 is 2.25 bits per heavy atom. The van der Waals surface area contributed by atoms with E-state index in [-0.39, 0.29) is 11.8 Å². The van der Waals surface area contributed by atoms with Crippen LogP contribution >= 0.6 is 0 Å². The Morgan fingerprint density at radius 1 is 0.906 bits per heavy atom. The maximum atomic E-state index is 13.5. The number of nitrogens with zero attached hydrogens (tertiary/aromatic N) is 2. The fourth-order valence-electron chi connectivity index (χ4n) is 4.43. The van der Waals surface area contributed by atoms with Gasteiger partial charge >= 0.3 is 0 Å². The lowest BCUT2D eigenvalue weighted by Crippen LogP contribution is -2.39. The lowest BCUT2D eigenvalue weighted by molar-refractivity contribution is -0.137. The van der Waals surface area contributed by atoms with Crippen LogP contribution in [0.5, 0.6) is 11.5 Å². The predicted molar refractivity (Wildman–Crippen MR) is 123 cm³/mol. The van der Waals surface area contributed by atoms with Crippen molar-refractivity contribution in [1.82, 2.24) is 9.80 Å². The summed E-state index contributed by atoms with van der Waals surface area (Å²) < 4.78 is 10.7. The maximum absolute atomic E-state index is 13.5. The van der Waals surface area contributed by atoms with E-state index in [4.69, 9.17) is 9.47 Å². The van der Waals surface area contributed by atoms with Crippen LogP contribution in [0, 0.1) is 5.92 Å². The molecule has 0 saturated carbocycles. The van der Waals surface area contributed by atoms with Crippen molar-refractivity contribution in [3.63, 3.8) is 0 Å². The monoisotopic (exact) mass is 434 g/mol. The van der Waals surface area contributed by atoms with Crippen molar-refractivity contribution in [3.8, 4) is 11.5 Å². The number of benzene rings is 2. The van der Waals surface area contributed by atoms with E-state index in [2.05, 4.69) is 11.8 Å². The van der Waals surface area contributed by atoms with Gasteiger partial charge in [0.2, 0.25) is 0 Å². The molecule has 2 aromatic carbocycles. The molecule has 168 valence electrons. The summed E-state index contributed by atoms with van der Waals surface area (Å²) in [6.45, 7) is 4.16. The van der Waals surface area contributed by atoms with E-state index in [1.165, 1.54) is 4.90 Å². The van der Waals surface area contributed by atoms with Crippen molar-refractivity contribution in [2.75, 3.05) is 33.9 Å². The van der Waals surface area contributed by atoms with Crippen molar-refractivity contribution >= 4 is 17.4 Å². The number of rotatable bonds is 7. The highest BCUT2D eigenvalue weighted by Gasteiger charge is 2.41. The zero-order valence-electron chi connectivity index (χ0n) is 19.0. The van der Waals surface area contributed by atoms with Gasteiger partial charge in [0, 0.05) is 19.6 Å². The van der Waals surface area contributed by atoms with Gasteiger partial charge in [-0.1, -0.05) is 43.3 Å². The first-order chi connectivity index (χ1) is 15.5. The number of carbonyl (C=O) groups is 2. The van der Waals surface area contributed by atoms with E-state index in [0.717, 1.165) is 37.1 Å². The first kappa shape index (κ1) is 21.9. The van der Waals surface area contributed by atoms with Crippen LogP contribution in [0.3, 0.4) is 0 Å².